The highest BCUT2D eigenvalue weighted by Crippen LogP contribution is 1.68. The lowest BCUT2D eigenvalue weighted by atomic mass is 10.5. The molecule has 0 aromatic rings. The zero-order valence-corrected chi connectivity index (χ0v) is 7.55. The molecule has 0 saturated heterocycles. The molecule has 0 aliphatic carbocycles. The second-order valence-corrected chi connectivity index (χ2v) is 2.10. The van der Waals surface area contributed by atoms with Gasteiger partial charge in [-0.2, -0.15) is 0 Å². The number of nitrogens with one attached hydrogen (secondary N) is 1. The molecule has 0 spiro atoms. The Hall–Kier alpha value is -1.06. The van der Waals surface area contributed by atoms with E-state index in [1.807, 2.05) is 6.92 Å². The lowest BCUT2D eigenvalue weighted by Gasteiger charge is -1.93. The van der Waals surface area contributed by atoms with Gasteiger partial charge in [-0.15, -0.1) is 0 Å². The number of carbonyl (C=O) groups is 2. The van der Waals surface area contributed by atoms with E-state index in [1.54, 1.807) is 21.1 Å². The highest BCUT2D eigenvalue weighted by atomic mass is 16.1. The molecule has 0 aliphatic rings. The van der Waals surface area contributed by atoms with Crippen LogP contribution in [0.3, 0.4) is 0 Å². The van der Waals surface area contributed by atoms with Gasteiger partial charge in [0.05, 0.1) is 0 Å². The number of amides is 2. The van der Waals surface area contributed by atoms with Crippen molar-refractivity contribution in [2.24, 2.45) is 0 Å². The lowest BCUT2D eigenvalue weighted by Crippen LogP contribution is -2.15. The normalized spacial score (nSPS) is 7.27. The summed E-state index contributed by atoms with van der Waals surface area (Å²) < 4.78 is 0. The van der Waals surface area contributed by atoms with Crippen LogP contribution in [0.15, 0.2) is 0 Å². The Morgan fingerprint density at radius 2 is 1.91 bits per heavy atom. The van der Waals surface area contributed by atoms with Crippen LogP contribution in [0.5, 0.6) is 0 Å². The van der Waals surface area contributed by atoms with Crippen molar-refractivity contribution in [3.8, 4) is 0 Å². The van der Waals surface area contributed by atoms with Gasteiger partial charge in [-0.1, -0.05) is 6.92 Å². The van der Waals surface area contributed by atoms with Crippen molar-refractivity contribution >= 4 is 12.3 Å². The van der Waals surface area contributed by atoms with Crippen molar-refractivity contribution in [1.29, 1.82) is 0 Å². The summed E-state index contributed by atoms with van der Waals surface area (Å²) in [5.41, 5.74) is 0. The Morgan fingerprint density at radius 1 is 1.55 bits per heavy atom. The van der Waals surface area contributed by atoms with Crippen LogP contribution in [0.1, 0.15) is 13.3 Å². The van der Waals surface area contributed by atoms with Crippen molar-refractivity contribution in [3.63, 3.8) is 0 Å². The van der Waals surface area contributed by atoms with Gasteiger partial charge >= 0.3 is 0 Å². The Bertz CT molecular complexity index is 107. The number of nitrogens with zero attached hydrogens (tertiary/aromatic N) is 1. The Balaban J connectivity index is 0. The summed E-state index contributed by atoms with van der Waals surface area (Å²) in [6.07, 6.45) is 1.33. The maximum Gasteiger partial charge on any atom is 0.219 e. The molecule has 0 aromatic carbocycles. The first-order chi connectivity index (χ1) is 5.08. The summed E-state index contributed by atoms with van der Waals surface area (Å²) in [5, 5.41) is 2.48. The molecule has 0 heterocycles. The van der Waals surface area contributed by atoms with Crippen LogP contribution in [0.25, 0.3) is 0 Å². The SMILES string of the molecule is CCC(=O)NC.CN(C)C=O. The van der Waals surface area contributed by atoms with Gasteiger partial charge in [0, 0.05) is 27.6 Å². The van der Waals surface area contributed by atoms with Crippen LogP contribution in [-0.4, -0.2) is 38.4 Å². The summed E-state index contributed by atoms with van der Waals surface area (Å²) in [5.74, 6) is 0.0926. The van der Waals surface area contributed by atoms with Crippen molar-refractivity contribution in [2.75, 3.05) is 21.1 Å². The van der Waals surface area contributed by atoms with Crippen molar-refractivity contribution in [3.05, 3.63) is 0 Å². The van der Waals surface area contributed by atoms with E-state index >= 15 is 0 Å². The third kappa shape index (κ3) is 17.6. The highest BCUT2D eigenvalue weighted by Gasteiger charge is 1.84. The minimum Gasteiger partial charge on any atom is -0.359 e. The summed E-state index contributed by atoms with van der Waals surface area (Å²) in [7, 11) is 5.01. The number of hydrogen-bond donors (Lipinski definition) is 1. The quantitative estimate of drug-likeness (QED) is 0.571. The highest BCUT2D eigenvalue weighted by molar-refractivity contribution is 5.74. The van der Waals surface area contributed by atoms with E-state index in [9.17, 15) is 9.59 Å². The molecule has 0 unspecified atom stereocenters. The summed E-state index contributed by atoms with van der Waals surface area (Å²) in [6.45, 7) is 1.82. The van der Waals surface area contributed by atoms with Crippen LogP contribution in [0.4, 0.5) is 0 Å². The van der Waals surface area contributed by atoms with E-state index in [4.69, 9.17) is 0 Å². The third-order valence-corrected chi connectivity index (χ3v) is 0.811. The third-order valence-electron chi connectivity index (χ3n) is 0.811. The van der Waals surface area contributed by atoms with Crippen molar-refractivity contribution in [2.45, 2.75) is 13.3 Å². The molecule has 66 valence electrons. The van der Waals surface area contributed by atoms with Crippen LogP contribution in [-0.2, 0) is 9.59 Å². The molecular formula is C7H16N2O2. The molecule has 0 atom stereocenters. The number of hydrogen-bond acceptors (Lipinski definition) is 2. The van der Waals surface area contributed by atoms with Gasteiger partial charge in [0.25, 0.3) is 0 Å². The number of rotatable bonds is 2. The average molecular weight is 160 g/mol. The predicted molar refractivity (Wildman–Crippen MR) is 44.1 cm³/mol. The monoisotopic (exact) mass is 160 g/mol. The second kappa shape index (κ2) is 8.94. The number of carbonyl (C=O) groups excluding carboxylic acids is 2. The molecule has 0 aliphatic heterocycles. The lowest BCUT2D eigenvalue weighted by molar-refractivity contribution is -0.120. The molecule has 4 heteroatoms. The fourth-order valence-electron chi connectivity index (χ4n) is 0.177. The Morgan fingerprint density at radius 3 is 1.91 bits per heavy atom. The maximum atomic E-state index is 10.1. The van der Waals surface area contributed by atoms with Crippen LogP contribution < -0.4 is 5.32 Å². The molecule has 0 bridgehead atoms. The minimum absolute atomic E-state index is 0.0926. The molecule has 0 rings (SSSR count). The summed E-state index contributed by atoms with van der Waals surface area (Å²) in [4.78, 5) is 20.9. The fourth-order valence-corrected chi connectivity index (χ4v) is 0.177. The van der Waals surface area contributed by atoms with Gasteiger partial charge in [-0.25, -0.2) is 0 Å². The summed E-state index contributed by atoms with van der Waals surface area (Å²) >= 11 is 0. The maximum absolute atomic E-state index is 10.1. The first-order valence-electron chi connectivity index (χ1n) is 3.40. The average Bonchev–Trinajstić information content (AvgIpc) is 2.04. The van der Waals surface area contributed by atoms with Gasteiger partial charge in [0.2, 0.25) is 12.3 Å². The van der Waals surface area contributed by atoms with E-state index in [0.717, 1.165) is 6.41 Å². The zero-order valence-electron chi connectivity index (χ0n) is 7.55. The van der Waals surface area contributed by atoms with Gasteiger partial charge in [-0.3, -0.25) is 9.59 Å². The molecule has 1 N–H and O–H groups in total. The van der Waals surface area contributed by atoms with Gasteiger partial charge in [0.15, 0.2) is 0 Å². The molecular weight excluding hydrogens is 144 g/mol. The summed E-state index contributed by atoms with van der Waals surface area (Å²) in [6, 6.07) is 0. The van der Waals surface area contributed by atoms with Crippen LogP contribution in [0, 0.1) is 0 Å². The molecule has 0 fully saturated rings. The second-order valence-electron chi connectivity index (χ2n) is 2.10. The largest absolute Gasteiger partial charge is 0.359 e. The zero-order chi connectivity index (χ0) is 9.28. The van der Waals surface area contributed by atoms with E-state index in [0.29, 0.717) is 6.42 Å². The minimum atomic E-state index is 0.0926. The molecule has 4 nitrogen and oxygen atoms in total. The van der Waals surface area contributed by atoms with Crippen LogP contribution >= 0.6 is 0 Å². The predicted octanol–water partition coefficient (Wildman–Crippen LogP) is -0.153. The Labute approximate surface area is 67.6 Å². The first kappa shape index (κ1) is 12.6. The molecule has 0 saturated carbocycles. The van der Waals surface area contributed by atoms with Gasteiger partial charge in [-0.05, 0) is 0 Å². The molecule has 0 aromatic heterocycles. The van der Waals surface area contributed by atoms with E-state index < -0.39 is 0 Å². The standard InChI is InChI=1S/C4H9NO.C3H7NO/c1-3-4(6)5-2;1-4(2)3-5/h3H2,1-2H3,(H,5,6);3H,1-2H3. The van der Waals surface area contributed by atoms with Crippen molar-refractivity contribution < 1.29 is 9.59 Å². The van der Waals surface area contributed by atoms with Crippen molar-refractivity contribution in [1.82, 2.24) is 10.2 Å². The van der Waals surface area contributed by atoms with Gasteiger partial charge in [0.1, 0.15) is 0 Å². The van der Waals surface area contributed by atoms with E-state index in [2.05, 4.69) is 5.32 Å². The van der Waals surface area contributed by atoms with E-state index in [-0.39, 0.29) is 5.91 Å². The topological polar surface area (TPSA) is 49.4 Å². The fraction of sp³-hybridized carbons (Fsp3) is 0.714. The van der Waals surface area contributed by atoms with E-state index in [1.165, 1.54) is 4.90 Å². The smallest absolute Gasteiger partial charge is 0.219 e. The Kier molecular flexibility index (Phi) is 10.2. The molecule has 0 radical (unpaired) electrons. The first-order valence-corrected chi connectivity index (χ1v) is 3.40. The van der Waals surface area contributed by atoms with Crippen LogP contribution in [0.2, 0.25) is 0 Å². The molecule has 11 heavy (non-hydrogen) atoms. The molecule has 2 amide bonds. The van der Waals surface area contributed by atoms with Gasteiger partial charge < -0.3 is 10.2 Å².